The number of likely N-dealkylation sites (N-methyl/N-ethyl adjacent to an activating group) is 1. The lowest BCUT2D eigenvalue weighted by Crippen LogP contribution is -2.62. The summed E-state index contributed by atoms with van der Waals surface area (Å²) in [6.45, 7) is 6.20. The van der Waals surface area contributed by atoms with Crippen molar-refractivity contribution in [3.63, 3.8) is 0 Å². The highest BCUT2D eigenvalue weighted by Gasteiger charge is 2.39. The molecule has 2 fully saturated rings. The fraction of sp³-hybridized carbons (Fsp3) is 0.794. The van der Waals surface area contributed by atoms with Crippen molar-refractivity contribution in [1.29, 1.82) is 0 Å². The van der Waals surface area contributed by atoms with Crippen LogP contribution in [0.5, 0.6) is 0 Å². The number of hydrogen-bond acceptors (Lipinski definition) is 9. The fourth-order valence-corrected chi connectivity index (χ4v) is 6.49. The van der Waals surface area contributed by atoms with Crippen LogP contribution in [0.3, 0.4) is 0 Å². The average Bonchev–Trinajstić information content (AvgIpc) is 3.08. The number of urea groups is 1. The van der Waals surface area contributed by atoms with E-state index in [2.05, 4.69) is 33.5 Å². The van der Waals surface area contributed by atoms with E-state index in [1.54, 1.807) is 6.92 Å². The van der Waals surface area contributed by atoms with Crippen molar-refractivity contribution >= 4 is 41.5 Å². The normalized spacial score (nSPS) is 27.2. The molecule has 284 valence electrons. The molecule has 1 aliphatic carbocycles. The minimum absolute atomic E-state index is 0.00784. The number of esters is 1. The lowest BCUT2D eigenvalue weighted by Gasteiger charge is -2.36. The van der Waals surface area contributed by atoms with Crippen LogP contribution in [0.1, 0.15) is 98.3 Å². The van der Waals surface area contributed by atoms with Gasteiger partial charge in [0, 0.05) is 20.1 Å². The van der Waals surface area contributed by atoms with Crippen molar-refractivity contribution < 1.29 is 38.3 Å². The summed E-state index contributed by atoms with van der Waals surface area (Å²) in [6, 6.07) is -5.63. The van der Waals surface area contributed by atoms with E-state index in [0.717, 1.165) is 38.5 Å². The van der Waals surface area contributed by atoms with Crippen LogP contribution in [0.4, 0.5) is 4.79 Å². The Labute approximate surface area is 295 Å². The Morgan fingerprint density at radius 1 is 0.920 bits per heavy atom. The first-order chi connectivity index (χ1) is 23.7. The van der Waals surface area contributed by atoms with E-state index in [1.165, 1.54) is 11.9 Å². The van der Waals surface area contributed by atoms with Crippen LogP contribution in [0.2, 0.25) is 0 Å². The van der Waals surface area contributed by atoms with Crippen LogP contribution in [0, 0.1) is 17.8 Å². The number of nitrogens with two attached hydrogens (primary N) is 2. The topological polar surface area (TPSA) is 244 Å². The minimum atomic E-state index is -1.40. The van der Waals surface area contributed by atoms with Crippen molar-refractivity contribution in [3.05, 3.63) is 0 Å². The maximum Gasteiger partial charge on any atom is 0.325 e. The van der Waals surface area contributed by atoms with Crippen molar-refractivity contribution in [2.45, 2.75) is 129 Å². The van der Waals surface area contributed by atoms with E-state index in [9.17, 15) is 33.6 Å². The maximum atomic E-state index is 14.1. The Kier molecular flexibility index (Phi) is 18.0. The largest absolute Gasteiger partial charge is 0.460 e. The van der Waals surface area contributed by atoms with Gasteiger partial charge in [-0.2, -0.15) is 0 Å². The Bertz CT molecular complexity index is 1180. The highest BCUT2D eigenvalue weighted by atomic mass is 16.5. The zero-order valence-corrected chi connectivity index (χ0v) is 30.4. The van der Waals surface area contributed by atoms with Crippen LogP contribution in [-0.2, 0) is 33.5 Å². The van der Waals surface area contributed by atoms with Crippen molar-refractivity contribution in [2.24, 2.45) is 29.2 Å². The molecule has 2 aliphatic rings. The van der Waals surface area contributed by atoms with Gasteiger partial charge in [0.15, 0.2) is 0 Å². The molecule has 7 amide bonds. The number of cyclic esters (lactones) is 1. The van der Waals surface area contributed by atoms with E-state index < -0.39 is 90.8 Å². The van der Waals surface area contributed by atoms with E-state index in [1.807, 2.05) is 13.8 Å². The second-order valence-corrected chi connectivity index (χ2v) is 14.0. The van der Waals surface area contributed by atoms with Crippen LogP contribution in [0.25, 0.3) is 0 Å². The standard InChI is InChI=1S/C34H60N8O8/c1-6-7-8-12-15-26-21(4)33(48)42(5)25(16-20(2)3)31(46)41-28(22-13-10-9-11-14-22)32(47)39-23(17-35)30(45)40-24(18-38-34(36)49)29(44)37-19-27(43)50-26/h20-26,28H,6-19,35H2,1-5H3,(H,37,44)(H,39,47)(H,40,45)(H,41,46)(H3,36,38,49)/t21-,23+,24+,25+,26-,28+/m1/s1. The summed E-state index contributed by atoms with van der Waals surface area (Å²) in [7, 11) is 1.54. The summed E-state index contributed by atoms with van der Waals surface area (Å²) in [6.07, 6.45) is 7.37. The van der Waals surface area contributed by atoms with Crippen molar-refractivity contribution in [2.75, 3.05) is 26.7 Å². The van der Waals surface area contributed by atoms with Gasteiger partial charge in [-0.05, 0) is 43.9 Å². The molecule has 0 spiro atoms. The summed E-state index contributed by atoms with van der Waals surface area (Å²) in [5, 5.41) is 12.7. The van der Waals surface area contributed by atoms with Gasteiger partial charge in [0.25, 0.3) is 0 Å². The van der Waals surface area contributed by atoms with E-state index in [-0.39, 0.29) is 18.4 Å². The number of ether oxygens (including phenoxy) is 1. The number of carbonyl (C=O) groups excluding carboxylic acids is 7. The van der Waals surface area contributed by atoms with Crippen molar-refractivity contribution in [3.8, 4) is 0 Å². The fourth-order valence-electron chi connectivity index (χ4n) is 6.49. The van der Waals surface area contributed by atoms with Gasteiger partial charge in [-0.1, -0.05) is 66.2 Å². The highest BCUT2D eigenvalue weighted by molar-refractivity contribution is 5.96. The quantitative estimate of drug-likeness (QED) is 0.114. The number of rotatable bonds is 11. The average molecular weight is 709 g/mol. The van der Waals surface area contributed by atoms with Crippen molar-refractivity contribution in [1.82, 2.24) is 31.5 Å². The third-order valence-electron chi connectivity index (χ3n) is 9.48. The van der Waals surface area contributed by atoms with Gasteiger partial charge in [0.2, 0.25) is 29.5 Å². The first-order valence-electron chi connectivity index (χ1n) is 18.1. The number of amides is 7. The predicted octanol–water partition coefficient (Wildman–Crippen LogP) is 0.169. The number of nitrogens with one attached hydrogen (secondary N) is 5. The molecule has 1 saturated carbocycles. The Hall–Kier alpha value is -3.95. The molecule has 6 atom stereocenters. The first kappa shape index (κ1) is 42.2. The minimum Gasteiger partial charge on any atom is -0.460 e. The summed E-state index contributed by atoms with van der Waals surface area (Å²) in [5.41, 5.74) is 11.1. The second-order valence-electron chi connectivity index (χ2n) is 14.0. The molecule has 16 heteroatoms. The molecule has 16 nitrogen and oxygen atoms in total. The molecule has 1 heterocycles. The Morgan fingerprint density at radius 2 is 1.58 bits per heavy atom. The third-order valence-corrected chi connectivity index (χ3v) is 9.48. The first-order valence-corrected chi connectivity index (χ1v) is 18.1. The Morgan fingerprint density at radius 3 is 2.18 bits per heavy atom. The van der Waals surface area contributed by atoms with Gasteiger partial charge in [-0.3, -0.25) is 28.8 Å². The smallest absolute Gasteiger partial charge is 0.325 e. The van der Waals surface area contributed by atoms with Crippen LogP contribution < -0.4 is 38.1 Å². The van der Waals surface area contributed by atoms with Gasteiger partial charge in [-0.25, -0.2) is 4.79 Å². The van der Waals surface area contributed by atoms with E-state index >= 15 is 0 Å². The summed E-state index contributed by atoms with van der Waals surface area (Å²) in [4.78, 5) is 94.4. The number of nitrogens with zero attached hydrogens (tertiary/aromatic N) is 1. The Balaban J connectivity index is 2.57. The maximum absolute atomic E-state index is 14.1. The summed E-state index contributed by atoms with van der Waals surface area (Å²) >= 11 is 0. The summed E-state index contributed by atoms with van der Waals surface area (Å²) < 4.78 is 5.77. The second kappa shape index (κ2) is 21.3. The lowest BCUT2D eigenvalue weighted by atomic mass is 9.83. The molecule has 0 unspecified atom stereocenters. The molecule has 9 N–H and O–H groups in total. The summed E-state index contributed by atoms with van der Waals surface area (Å²) in [5.74, 6) is -5.07. The molecule has 0 bridgehead atoms. The molecule has 0 aromatic heterocycles. The van der Waals surface area contributed by atoms with Gasteiger partial charge in [0.05, 0.1) is 5.92 Å². The molecule has 1 aliphatic heterocycles. The molecule has 2 rings (SSSR count). The van der Waals surface area contributed by atoms with Gasteiger partial charge in [-0.15, -0.1) is 0 Å². The molecule has 1 saturated heterocycles. The molecule has 0 aromatic rings. The zero-order valence-electron chi connectivity index (χ0n) is 30.4. The predicted molar refractivity (Wildman–Crippen MR) is 186 cm³/mol. The van der Waals surface area contributed by atoms with Crippen LogP contribution >= 0.6 is 0 Å². The zero-order chi connectivity index (χ0) is 37.4. The van der Waals surface area contributed by atoms with E-state index in [0.29, 0.717) is 32.1 Å². The molecular formula is C34H60N8O8. The number of primary amides is 1. The van der Waals surface area contributed by atoms with Gasteiger partial charge < -0.3 is 47.7 Å². The van der Waals surface area contributed by atoms with Crippen LogP contribution in [0.15, 0.2) is 0 Å². The number of carbonyl (C=O) groups is 7. The highest BCUT2D eigenvalue weighted by Crippen LogP contribution is 2.28. The molecular weight excluding hydrogens is 648 g/mol. The molecule has 0 radical (unpaired) electrons. The lowest BCUT2D eigenvalue weighted by molar-refractivity contribution is -0.157. The third kappa shape index (κ3) is 13.4. The van der Waals surface area contributed by atoms with E-state index in [4.69, 9.17) is 16.2 Å². The molecule has 50 heavy (non-hydrogen) atoms. The van der Waals surface area contributed by atoms with Crippen LogP contribution in [-0.4, -0.2) is 103 Å². The SMILES string of the molecule is CCCCCC[C@H]1OC(=O)CNC(=O)[C@H](CNC(N)=O)NC(=O)[C@H](CN)NC(=O)[C@H](C2CCCCC2)NC(=O)[C@H](CC(C)C)N(C)C(=O)[C@@H]1C. The monoisotopic (exact) mass is 708 g/mol. The number of hydrogen-bond donors (Lipinski definition) is 7. The van der Waals surface area contributed by atoms with Gasteiger partial charge in [0.1, 0.15) is 36.8 Å². The number of unbranched alkanes of at least 4 members (excludes halogenated alkanes) is 3. The van der Waals surface area contributed by atoms with Gasteiger partial charge >= 0.3 is 12.0 Å². The molecule has 0 aromatic carbocycles.